The molecule has 1 saturated heterocycles. The van der Waals surface area contributed by atoms with Crippen LogP contribution in [0.2, 0.25) is 0 Å². The second-order valence-electron chi connectivity index (χ2n) is 9.54. The van der Waals surface area contributed by atoms with E-state index >= 15 is 0 Å². The molecule has 4 heterocycles. The molecule has 0 aliphatic carbocycles. The van der Waals surface area contributed by atoms with Crippen LogP contribution in [-0.4, -0.2) is 86.4 Å². The number of nitrogens with one attached hydrogen (secondary N) is 2. The average molecular weight is 503 g/mol. The molecule has 4 rings (SSSR count). The van der Waals surface area contributed by atoms with E-state index in [0.29, 0.717) is 5.69 Å². The topological polar surface area (TPSA) is 180 Å². The van der Waals surface area contributed by atoms with E-state index in [4.69, 9.17) is 0 Å². The van der Waals surface area contributed by atoms with Gasteiger partial charge in [-0.05, 0) is 6.92 Å². The van der Waals surface area contributed by atoms with E-state index in [2.05, 4.69) is 20.3 Å². The second-order valence-corrected chi connectivity index (χ2v) is 9.54. The van der Waals surface area contributed by atoms with Crippen LogP contribution in [0.15, 0.2) is 28.4 Å². The van der Waals surface area contributed by atoms with Gasteiger partial charge in [-0.2, -0.15) is 0 Å². The van der Waals surface area contributed by atoms with Crippen LogP contribution < -0.4 is 16.6 Å². The number of aromatic amines is 1. The lowest BCUT2D eigenvalue weighted by atomic mass is 9.91. The Morgan fingerprint density at radius 2 is 2.00 bits per heavy atom. The van der Waals surface area contributed by atoms with Crippen LogP contribution in [0.25, 0.3) is 11.2 Å². The first kappa shape index (κ1) is 25.3. The number of amides is 2. The van der Waals surface area contributed by atoms with Crippen molar-refractivity contribution in [2.24, 2.45) is 14.1 Å². The van der Waals surface area contributed by atoms with Crippen LogP contribution in [0.1, 0.15) is 32.0 Å². The summed E-state index contributed by atoms with van der Waals surface area (Å²) in [5.41, 5.74) is -1.84. The van der Waals surface area contributed by atoms with Crippen molar-refractivity contribution >= 4 is 23.0 Å². The highest BCUT2D eigenvalue weighted by molar-refractivity contribution is 5.87. The molecule has 1 aliphatic rings. The third-order valence-electron chi connectivity index (χ3n) is 6.67. The number of aliphatic hydroxyl groups is 2. The van der Waals surface area contributed by atoms with Crippen LogP contribution in [0.4, 0.5) is 0 Å². The summed E-state index contributed by atoms with van der Waals surface area (Å²) in [7, 11) is 2.83. The molecule has 0 aromatic carbocycles. The summed E-state index contributed by atoms with van der Waals surface area (Å²) in [6.45, 7) is 2.64. The van der Waals surface area contributed by atoms with Crippen LogP contribution in [0.5, 0.6) is 0 Å². The summed E-state index contributed by atoms with van der Waals surface area (Å²) in [6, 6.07) is -1.84. The Morgan fingerprint density at radius 1 is 1.28 bits per heavy atom. The van der Waals surface area contributed by atoms with E-state index < -0.39 is 46.9 Å². The first-order valence-corrected chi connectivity index (χ1v) is 11.5. The van der Waals surface area contributed by atoms with Gasteiger partial charge in [-0.15, -0.1) is 0 Å². The average Bonchev–Trinajstić information content (AvgIpc) is 3.45. The van der Waals surface area contributed by atoms with Crippen LogP contribution >= 0.6 is 0 Å². The maximum Gasteiger partial charge on any atom is 0.332 e. The summed E-state index contributed by atoms with van der Waals surface area (Å²) in [6.07, 6.45) is 3.35. The number of H-pyrrole nitrogens is 1. The summed E-state index contributed by atoms with van der Waals surface area (Å²) >= 11 is 0. The predicted octanol–water partition coefficient (Wildman–Crippen LogP) is -2.21. The number of hydrogen-bond acceptors (Lipinski definition) is 8. The van der Waals surface area contributed by atoms with E-state index in [0.717, 1.165) is 4.57 Å². The van der Waals surface area contributed by atoms with E-state index in [1.807, 2.05) is 0 Å². The highest BCUT2D eigenvalue weighted by Gasteiger charge is 2.43. The zero-order valence-electron chi connectivity index (χ0n) is 20.5. The lowest BCUT2D eigenvalue weighted by Gasteiger charge is -2.35. The Morgan fingerprint density at radius 3 is 2.64 bits per heavy atom. The third kappa shape index (κ3) is 4.56. The lowest BCUT2D eigenvalue weighted by Crippen LogP contribution is -2.52. The zero-order valence-corrected chi connectivity index (χ0v) is 20.5. The van der Waals surface area contributed by atoms with Crippen molar-refractivity contribution in [1.29, 1.82) is 0 Å². The molecule has 194 valence electrons. The maximum absolute atomic E-state index is 13.6. The SMILES string of the molecule is CC(=O)N[C@@H](Cc1cnc[nH]1)C(=O)N1C[C@H](O)C[C@](C)(O)[C@@H](n2cnc3c2c(=O)n(C)c(=O)n3C)C1. The van der Waals surface area contributed by atoms with Crippen LogP contribution in [0.3, 0.4) is 0 Å². The first-order valence-electron chi connectivity index (χ1n) is 11.5. The first-order chi connectivity index (χ1) is 16.9. The fourth-order valence-electron chi connectivity index (χ4n) is 4.86. The molecule has 1 fully saturated rings. The number of nitrogens with zero attached hydrogens (tertiary/aromatic N) is 6. The number of aromatic nitrogens is 6. The van der Waals surface area contributed by atoms with Gasteiger partial charge in [0.05, 0.1) is 30.4 Å². The number of carbonyl (C=O) groups excluding carboxylic acids is 2. The molecule has 0 spiro atoms. The molecule has 0 radical (unpaired) electrons. The Kier molecular flexibility index (Phi) is 6.58. The molecule has 0 bridgehead atoms. The van der Waals surface area contributed by atoms with Gasteiger partial charge in [0.25, 0.3) is 5.56 Å². The number of aliphatic hydroxyl groups excluding tert-OH is 1. The molecular formula is C22H30N8O6. The van der Waals surface area contributed by atoms with Gasteiger partial charge in [0.15, 0.2) is 11.2 Å². The van der Waals surface area contributed by atoms with Gasteiger partial charge in [0.1, 0.15) is 6.04 Å². The van der Waals surface area contributed by atoms with Gasteiger partial charge in [-0.25, -0.2) is 14.8 Å². The molecule has 14 nitrogen and oxygen atoms in total. The minimum Gasteiger partial charge on any atom is -0.391 e. The molecular weight excluding hydrogens is 472 g/mol. The van der Waals surface area contributed by atoms with Crippen LogP contribution in [0, 0.1) is 0 Å². The standard InChI is InChI=1S/C22H30N8O6/c1-12(31)26-15(5-13-7-23-10-24-13)19(33)29-8-14(32)6-22(2,36)16(9-29)30-11-25-18-17(30)20(34)28(4)21(35)27(18)3/h7,10-11,14-16,32,36H,5-6,8-9H2,1-4H3,(H,23,24)(H,26,31)/t14-,15+,16+,22+/m1/s1. The summed E-state index contributed by atoms with van der Waals surface area (Å²) in [4.78, 5) is 63.3. The Bertz CT molecular complexity index is 1400. The van der Waals surface area contributed by atoms with Crippen molar-refractivity contribution in [1.82, 2.24) is 38.9 Å². The fraction of sp³-hybridized carbons (Fsp3) is 0.545. The molecule has 0 saturated carbocycles. The van der Waals surface area contributed by atoms with E-state index in [-0.39, 0.29) is 37.1 Å². The highest BCUT2D eigenvalue weighted by Crippen LogP contribution is 2.33. The molecule has 3 aromatic rings. The number of aryl methyl sites for hydroxylation is 1. The number of fused-ring (bicyclic) bond motifs is 1. The fourth-order valence-corrected chi connectivity index (χ4v) is 4.86. The van der Waals surface area contributed by atoms with Crippen molar-refractivity contribution in [2.75, 3.05) is 13.1 Å². The number of imidazole rings is 2. The number of rotatable bonds is 5. The van der Waals surface area contributed by atoms with Gasteiger partial charge in [0.2, 0.25) is 11.8 Å². The number of likely N-dealkylation sites (tertiary alicyclic amines) is 1. The Labute approximate surface area is 205 Å². The zero-order chi connectivity index (χ0) is 26.4. The molecule has 14 heteroatoms. The molecule has 1 aliphatic heterocycles. The normalized spacial score (nSPS) is 23.4. The van der Waals surface area contributed by atoms with Crippen molar-refractivity contribution < 1.29 is 19.8 Å². The van der Waals surface area contributed by atoms with Crippen molar-refractivity contribution in [3.63, 3.8) is 0 Å². The van der Waals surface area contributed by atoms with Gasteiger partial charge < -0.3 is 30.0 Å². The summed E-state index contributed by atoms with van der Waals surface area (Å²) in [5.74, 6) is -0.872. The summed E-state index contributed by atoms with van der Waals surface area (Å²) in [5, 5.41) is 24.7. The number of hydrogen-bond donors (Lipinski definition) is 4. The molecule has 0 unspecified atom stereocenters. The quantitative estimate of drug-likeness (QED) is 0.303. The number of β-amino-alcohol motifs (C(OH)–C–C–N with tert-alkyl or cyclic N) is 1. The molecule has 4 N–H and O–H groups in total. The van der Waals surface area contributed by atoms with Gasteiger partial charge in [-0.1, -0.05) is 0 Å². The van der Waals surface area contributed by atoms with Gasteiger partial charge in [-0.3, -0.25) is 23.5 Å². The molecule has 4 atom stereocenters. The highest BCUT2D eigenvalue weighted by atomic mass is 16.3. The third-order valence-corrected chi connectivity index (χ3v) is 6.67. The molecule has 3 aromatic heterocycles. The Hall–Kier alpha value is -3.78. The Balaban J connectivity index is 1.77. The second kappa shape index (κ2) is 9.35. The maximum atomic E-state index is 13.6. The van der Waals surface area contributed by atoms with Crippen LogP contribution in [-0.2, 0) is 30.1 Å². The minimum atomic E-state index is -1.55. The van der Waals surface area contributed by atoms with Crippen molar-refractivity contribution in [3.8, 4) is 0 Å². The number of carbonyl (C=O) groups is 2. The van der Waals surface area contributed by atoms with Gasteiger partial charge >= 0.3 is 5.69 Å². The van der Waals surface area contributed by atoms with E-state index in [1.54, 1.807) is 6.20 Å². The monoisotopic (exact) mass is 502 g/mol. The smallest absolute Gasteiger partial charge is 0.332 e. The van der Waals surface area contributed by atoms with Crippen molar-refractivity contribution in [3.05, 3.63) is 45.4 Å². The molecule has 2 amide bonds. The largest absolute Gasteiger partial charge is 0.391 e. The lowest BCUT2D eigenvalue weighted by molar-refractivity contribution is -0.137. The van der Waals surface area contributed by atoms with E-state index in [9.17, 15) is 29.4 Å². The van der Waals surface area contributed by atoms with Gasteiger partial charge in [0, 0.05) is 58.8 Å². The minimum absolute atomic E-state index is 0.0839. The summed E-state index contributed by atoms with van der Waals surface area (Å²) < 4.78 is 3.63. The van der Waals surface area contributed by atoms with Crippen molar-refractivity contribution in [2.45, 2.75) is 50.5 Å². The molecule has 36 heavy (non-hydrogen) atoms. The predicted molar refractivity (Wildman–Crippen MR) is 127 cm³/mol. The van der Waals surface area contributed by atoms with E-state index in [1.165, 1.54) is 54.6 Å².